The van der Waals surface area contributed by atoms with Crippen molar-refractivity contribution in [2.75, 3.05) is 11.8 Å². The monoisotopic (exact) mass is 477 g/mol. The first-order valence-electron chi connectivity index (χ1n) is 11.7. The van der Waals surface area contributed by atoms with Crippen molar-refractivity contribution in [1.29, 1.82) is 0 Å². The standard InChI is InChI=1S/C28H35N3O2S/c1-18(2)14-23(29)13-12-21-15-25(27-19(3)8-6-9-20(27)4)30-26(16-21)31-34-24-11-7-10-22(17-24)28(32)33-5/h6-11,15-18,23H,12-14,29H2,1-5H3,(H,30,31). The summed E-state index contributed by atoms with van der Waals surface area (Å²) < 4.78 is 8.21. The Bertz CT molecular complexity index is 1110. The summed E-state index contributed by atoms with van der Waals surface area (Å²) in [5.74, 6) is 1.02. The number of hydrogen-bond donors (Lipinski definition) is 2. The molecule has 0 spiro atoms. The molecule has 0 aliphatic heterocycles. The summed E-state index contributed by atoms with van der Waals surface area (Å²) in [6.45, 7) is 8.66. The Hall–Kier alpha value is -2.83. The van der Waals surface area contributed by atoms with Crippen molar-refractivity contribution in [3.05, 3.63) is 76.9 Å². The lowest BCUT2D eigenvalue weighted by Gasteiger charge is -2.16. The minimum absolute atomic E-state index is 0.184. The molecule has 1 aromatic heterocycles. The molecule has 1 heterocycles. The molecule has 3 N–H and O–H groups in total. The summed E-state index contributed by atoms with van der Waals surface area (Å²) in [4.78, 5) is 17.7. The maximum atomic E-state index is 11.9. The molecule has 1 atom stereocenters. The average molecular weight is 478 g/mol. The Morgan fingerprint density at radius 3 is 2.47 bits per heavy atom. The third-order valence-corrected chi connectivity index (χ3v) is 6.53. The van der Waals surface area contributed by atoms with Crippen LogP contribution in [-0.2, 0) is 11.2 Å². The minimum atomic E-state index is -0.349. The van der Waals surface area contributed by atoms with Gasteiger partial charge in [0.05, 0.1) is 18.4 Å². The van der Waals surface area contributed by atoms with E-state index < -0.39 is 0 Å². The van der Waals surface area contributed by atoms with Gasteiger partial charge in [0.25, 0.3) is 0 Å². The zero-order chi connectivity index (χ0) is 24.7. The van der Waals surface area contributed by atoms with Crippen LogP contribution >= 0.6 is 11.9 Å². The number of esters is 1. The van der Waals surface area contributed by atoms with Gasteiger partial charge in [0, 0.05) is 16.5 Å². The fourth-order valence-electron chi connectivity index (χ4n) is 4.12. The molecule has 180 valence electrons. The molecule has 0 bridgehead atoms. The molecule has 0 aliphatic carbocycles. The molecule has 3 rings (SSSR count). The Labute approximate surface area is 207 Å². The van der Waals surface area contributed by atoms with E-state index in [1.165, 1.54) is 35.7 Å². The zero-order valence-corrected chi connectivity index (χ0v) is 21.5. The fourth-order valence-corrected chi connectivity index (χ4v) is 4.78. The molecule has 6 heteroatoms. The molecule has 0 saturated carbocycles. The van der Waals surface area contributed by atoms with Gasteiger partial charge < -0.3 is 15.2 Å². The second kappa shape index (κ2) is 12.0. The van der Waals surface area contributed by atoms with Gasteiger partial charge in [-0.2, -0.15) is 0 Å². The Balaban J connectivity index is 1.87. The van der Waals surface area contributed by atoms with Crippen LogP contribution in [0.3, 0.4) is 0 Å². The Kier molecular flexibility index (Phi) is 9.13. The highest BCUT2D eigenvalue weighted by molar-refractivity contribution is 8.00. The van der Waals surface area contributed by atoms with Gasteiger partial charge in [0.1, 0.15) is 5.82 Å². The van der Waals surface area contributed by atoms with Crippen LogP contribution in [0.1, 0.15) is 53.7 Å². The summed E-state index contributed by atoms with van der Waals surface area (Å²) in [5, 5.41) is 0. The van der Waals surface area contributed by atoms with Crippen molar-refractivity contribution in [3.63, 3.8) is 0 Å². The number of carbonyl (C=O) groups is 1. The molecule has 0 fully saturated rings. The van der Waals surface area contributed by atoms with E-state index in [0.29, 0.717) is 11.5 Å². The van der Waals surface area contributed by atoms with Crippen LogP contribution in [0.4, 0.5) is 5.82 Å². The topological polar surface area (TPSA) is 77.2 Å². The highest BCUT2D eigenvalue weighted by atomic mass is 32.2. The van der Waals surface area contributed by atoms with Gasteiger partial charge in [0.15, 0.2) is 0 Å². The molecular weight excluding hydrogens is 442 g/mol. The summed E-state index contributed by atoms with van der Waals surface area (Å²) in [5.41, 5.74) is 12.6. The van der Waals surface area contributed by atoms with Gasteiger partial charge in [-0.05, 0) is 98.0 Å². The van der Waals surface area contributed by atoms with Gasteiger partial charge in [-0.3, -0.25) is 0 Å². The van der Waals surface area contributed by atoms with E-state index in [-0.39, 0.29) is 12.0 Å². The van der Waals surface area contributed by atoms with Crippen molar-refractivity contribution >= 4 is 23.7 Å². The molecule has 5 nitrogen and oxygen atoms in total. The van der Waals surface area contributed by atoms with E-state index in [9.17, 15) is 4.79 Å². The molecule has 3 aromatic rings. The second-order valence-corrected chi connectivity index (χ2v) is 10.0. The SMILES string of the molecule is COC(=O)c1cccc(SNc2cc(CCC(N)CC(C)C)cc(-c3c(C)cccc3C)n2)c1. The molecule has 1 unspecified atom stereocenters. The lowest BCUT2D eigenvalue weighted by molar-refractivity contribution is 0.0600. The number of anilines is 1. The van der Waals surface area contributed by atoms with Crippen molar-refractivity contribution < 1.29 is 9.53 Å². The quantitative estimate of drug-likeness (QED) is 0.254. The van der Waals surface area contributed by atoms with Crippen molar-refractivity contribution in [2.24, 2.45) is 11.7 Å². The molecule has 0 radical (unpaired) electrons. The number of nitrogens with zero attached hydrogens (tertiary/aromatic N) is 1. The molecule has 0 aliphatic rings. The number of hydrogen-bond acceptors (Lipinski definition) is 6. The van der Waals surface area contributed by atoms with E-state index >= 15 is 0 Å². The van der Waals surface area contributed by atoms with E-state index in [1.807, 2.05) is 18.2 Å². The number of aryl methyl sites for hydroxylation is 3. The van der Waals surface area contributed by atoms with E-state index in [4.69, 9.17) is 15.5 Å². The number of aromatic nitrogens is 1. The lowest BCUT2D eigenvalue weighted by atomic mass is 9.96. The van der Waals surface area contributed by atoms with Gasteiger partial charge in [-0.15, -0.1) is 0 Å². The number of benzene rings is 2. The van der Waals surface area contributed by atoms with Crippen LogP contribution in [0.15, 0.2) is 59.5 Å². The predicted octanol–water partition coefficient (Wildman–Crippen LogP) is 6.58. The molecule has 0 saturated heterocycles. The first-order chi connectivity index (χ1) is 16.3. The average Bonchev–Trinajstić information content (AvgIpc) is 2.80. The van der Waals surface area contributed by atoms with Crippen LogP contribution in [-0.4, -0.2) is 24.1 Å². The van der Waals surface area contributed by atoms with Crippen LogP contribution in [0.25, 0.3) is 11.3 Å². The summed E-state index contributed by atoms with van der Waals surface area (Å²) in [6.07, 6.45) is 2.85. The summed E-state index contributed by atoms with van der Waals surface area (Å²) in [7, 11) is 1.39. The fraction of sp³-hybridized carbons (Fsp3) is 0.357. The molecular formula is C28H35N3O2S. The maximum absolute atomic E-state index is 11.9. The number of nitrogens with one attached hydrogen (secondary N) is 1. The maximum Gasteiger partial charge on any atom is 0.337 e. The smallest absolute Gasteiger partial charge is 0.337 e. The molecule has 2 aromatic carbocycles. The van der Waals surface area contributed by atoms with Crippen LogP contribution in [0, 0.1) is 19.8 Å². The van der Waals surface area contributed by atoms with Gasteiger partial charge in [-0.1, -0.05) is 38.1 Å². The number of nitrogens with two attached hydrogens (primary N) is 1. The number of rotatable bonds is 10. The van der Waals surface area contributed by atoms with Gasteiger partial charge >= 0.3 is 5.97 Å². The second-order valence-electron chi connectivity index (χ2n) is 9.16. The molecule has 0 amide bonds. The third-order valence-electron chi connectivity index (χ3n) is 5.73. The van der Waals surface area contributed by atoms with Gasteiger partial charge in [-0.25, -0.2) is 9.78 Å². The van der Waals surface area contributed by atoms with Crippen LogP contribution in [0.5, 0.6) is 0 Å². The van der Waals surface area contributed by atoms with Gasteiger partial charge in [0.2, 0.25) is 0 Å². The van der Waals surface area contributed by atoms with Crippen molar-refractivity contribution in [1.82, 2.24) is 4.98 Å². The number of ether oxygens (including phenoxy) is 1. The predicted molar refractivity (Wildman–Crippen MR) is 142 cm³/mol. The largest absolute Gasteiger partial charge is 0.465 e. The number of methoxy groups -OCH3 is 1. The normalized spacial score (nSPS) is 12.0. The van der Waals surface area contributed by atoms with Crippen LogP contribution < -0.4 is 10.5 Å². The number of carbonyl (C=O) groups excluding carboxylic acids is 1. The first-order valence-corrected chi connectivity index (χ1v) is 12.5. The lowest BCUT2D eigenvalue weighted by Crippen LogP contribution is -2.22. The van der Waals surface area contributed by atoms with E-state index in [0.717, 1.165) is 41.2 Å². The van der Waals surface area contributed by atoms with Crippen molar-refractivity contribution in [2.45, 2.75) is 57.9 Å². The number of pyridine rings is 1. The third kappa shape index (κ3) is 7.08. The highest BCUT2D eigenvalue weighted by Gasteiger charge is 2.13. The highest BCUT2D eigenvalue weighted by Crippen LogP contribution is 2.30. The summed E-state index contributed by atoms with van der Waals surface area (Å²) >= 11 is 1.42. The Morgan fingerprint density at radius 2 is 1.79 bits per heavy atom. The van der Waals surface area contributed by atoms with Crippen LogP contribution in [0.2, 0.25) is 0 Å². The first kappa shape index (κ1) is 25.8. The van der Waals surface area contributed by atoms with E-state index in [2.05, 4.69) is 62.7 Å². The van der Waals surface area contributed by atoms with Crippen molar-refractivity contribution in [3.8, 4) is 11.3 Å². The summed E-state index contributed by atoms with van der Waals surface area (Å²) in [6, 6.07) is 18.1. The minimum Gasteiger partial charge on any atom is -0.465 e. The molecule has 34 heavy (non-hydrogen) atoms. The Morgan fingerprint density at radius 1 is 1.09 bits per heavy atom. The van der Waals surface area contributed by atoms with E-state index in [1.54, 1.807) is 6.07 Å². The zero-order valence-electron chi connectivity index (χ0n) is 20.7.